The van der Waals surface area contributed by atoms with Crippen molar-refractivity contribution in [1.82, 2.24) is 4.90 Å². The summed E-state index contributed by atoms with van der Waals surface area (Å²) in [6.07, 6.45) is 2.10. The molecule has 1 heterocycles. The van der Waals surface area contributed by atoms with Crippen molar-refractivity contribution in [2.24, 2.45) is 5.92 Å². The molecular weight excluding hydrogens is 230 g/mol. The minimum atomic E-state index is -0.206. The van der Waals surface area contributed by atoms with Gasteiger partial charge in [0, 0.05) is 12.6 Å². The molecule has 4 nitrogen and oxygen atoms in total. The van der Waals surface area contributed by atoms with Gasteiger partial charge in [0.1, 0.15) is 11.5 Å². The minimum absolute atomic E-state index is 0.00568. The molecule has 2 atom stereocenters. The standard InChI is InChI=1S/C14H19NO3/c1-9-3-4-10(2)15(8-9)14(18)12-7-11(16)5-6-13(12)17/h5-7,9-10,16-17H,3-4,8H2,1-2H3. The topological polar surface area (TPSA) is 60.8 Å². The number of phenols is 2. The molecule has 1 saturated heterocycles. The lowest BCUT2D eigenvalue weighted by Crippen LogP contribution is -2.44. The van der Waals surface area contributed by atoms with Crippen LogP contribution in [-0.4, -0.2) is 33.6 Å². The lowest BCUT2D eigenvalue weighted by molar-refractivity contribution is 0.0570. The number of amides is 1. The van der Waals surface area contributed by atoms with Gasteiger partial charge in [0.15, 0.2) is 0 Å². The van der Waals surface area contributed by atoms with E-state index in [1.54, 1.807) is 4.90 Å². The summed E-state index contributed by atoms with van der Waals surface area (Å²) < 4.78 is 0. The number of hydrogen-bond donors (Lipinski definition) is 2. The van der Waals surface area contributed by atoms with Gasteiger partial charge in [-0.25, -0.2) is 0 Å². The number of phenolic OH excluding ortho intramolecular Hbond substituents is 2. The second-order valence-corrected chi connectivity index (χ2v) is 5.19. The molecule has 1 aliphatic rings. The number of hydrogen-bond acceptors (Lipinski definition) is 3. The molecule has 98 valence electrons. The highest BCUT2D eigenvalue weighted by molar-refractivity contribution is 5.97. The Morgan fingerprint density at radius 2 is 2.00 bits per heavy atom. The third-order valence-electron chi connectivity index (χ3n) is 3.59. The van der Waals surface area contributed by atoms with Crippen molar-refractivity contribution in [3.63, 3.8) is 0 Å². The number of aromatic hydroxyl groups is 2. The lowest BCUT2D eigenvalue weighted by atomic mass is 9.94. The van der Waals surface area contributed by atoms with Crippen LogP contribution in [0.3, 0.4) is 0 Å². The van der Waals surface area contributed by atoms with Crippen molar-refractivity contribution >= 4 is 5.91 Å². The fourth-order valence-electron chi connectivity index (χ4n) is 2.42. The van der Waals surface area contributed by atoms with Gasteiger partial charge in [-0.3, -0.25) is 4.79 Å². The molecule has 18 heavy (non-hydrogen) atoms. The van der Waals surface area contributed by atoms with Crippen LogP contribution in [0.2, 0.25) is 0 Å². The molecule has 1 aromatic rings. The largest absolute Gasteiger partial charge is 0.508 e. The Hall–Kier alpha value is -1.71. The van der Waals surface area contributed by atoms with Gasteiger partial charge in [0.2, 0.25) is 0 Å². The minimum Gasteiger partial charge on any atom is -0.508 e. The van der Waals surface area contributed by atoms with E-state index in [4.69, 9.17) is 0 Å². The average molecular weight is 249 g/mol. The van der Waals surface area contributed by atoms with Crippen LogP contribution in [-0.2, 0) is 0 Å². The zero-order valence-electron chi connectivity index (χ0n) is 10.8. The van der Waals surface area contributed by atoms with E-state index in [0.29, 0.717) is 12.5 Å². The molecule has 1 aromatic carbocycles. The molecule has 1 aliphatic heterocycles. The van der Waals surface area contributed by atoms with Gasteiger partial charge < -0.3 is 15.1 Å². The van der Waals surface area contributed by atoms with E-state index in [-0.39, 0.29) is 29.0 Å². The first-order chi connectivity index (χ1) is 8.49. The molecule has 2 N–H and O–H groups in total. The summed E-state index contributed by atoms with van der Waals surface area (Å²) in [5.41, 5.74) is 0.177. The highest BCUT2D eigenvalue weighted by Gasteiger charge is 2.29. The summed E-state index contributed by atoms with van der Waals surface area (Å²) in [5, 5.41) is 19.2. The normalized spacial score (nSPS) is 24.0. The van der Waals surface area contributed by atoms with Crippen LogP contribution in [0.4, 0.5) is 0 Å². The van der Waals surface area contributed by atoms with Crippen LogP contribution in [0.25, 0.3) is 0 Å². The van der Waals surface area contributed by atoms with E-state index in [1.807, 2.05) is 6.92 Å². The SMILES string of the molecule is CC1CCC(C)N(C(=O)c2cc(O)ccc2O)C1. The first-order valence-corrected chi connectivity index (χ1v) is 6.32. The summed E-state index contributed by atoms with van der Waals surface area (Å²) in [6, 6.07) is 4.22. The highest BCUT2D eigenvalue weighted by atomic mass is 16.3. The molecule has 1 amide bonds. The van der Waals surface area contributed by atoms with E-state index in [1.165, 1.54) is 18.2 Å². The molecule has 0 aliphatic carbocycles. The maximum atomic E-state index is 12.4. The van der Waals surface area contributed by atoms with Crippen LogP contribution in [0.15, 0.2) is 18.2 Å². The van der Waals surface area contributed by atoms with Crippen molar-refractivity contribution in [3.8, 4) is 11.5 Å². The van der Waals surface area contributed by atoms with Crippen molar-refractivity contribution in [2.75, 3.05) is 6.54 Å². The van der Waals surface area contributed by atoms with Crippen LogP contribution < -0.4 is 0 Å². The van der Waals surface area contributed by atoms with E-state index >= 15 is 0 Å². The van der Waals surface area contributed by atoms with Gasteiger partial charge in [-0.2, -0.15) is 0 Å². The maximum absolute atomic E-state index is 12.4. The van der Waals surface area contributed by atoms with E-state index in [0.717, 1.165) is 12.8 Å². The van der Waals surface area contributed by atoms with Crippen molar-refractivity contribution in [3.05, 3.63) is 23.8 Å². The fourth-order valence-corrected chi connectivity index (χ4v) is 2.42. The molecule has 1 fully saturated rings. The first-order valence-electron chi connectivity index (χ1n) is 6.32. The van der Waals surface area contributed by atoms with Crippen molar-refractivity contribution < 1.29 is 15.0 Å². The quantitative estimate of drug-likeness (QED) is 0.751. The second kappa shape index (κ2) is 4.88. The van der Waals surface area contributed by atoms with Crippen LogP contribution in [0.5, 0.6) is 11.5 Å². The molecule has 2 unspecified atom stereocenters. The smallest absolute Gasteiger partial charge is 0.257 e. The molecule has 0 saturated carbocycles. The Bertz CT molecular complexity index is 458. The van der Waals surface area contributed by atoms with Crippen LogP contribution >= 0.6 is 0 Å². The summed E-state index contributed by atoms with van der Waals surface area (Å²) in [6.45, 7) is 4.84. The molecular formula is C14H19NO3. The van der Waals surface area contributed by atoms with Crippen molar-refractivity contribution in [1.29, 1.82) is 0 Å². The molecule has 0 radical (unpaired) electrons. The Morgan fingerprint density at radius 1 is 1.28 bits per heavy atom. The molecule has 4 heteroatoms. The Kier molecular flexibility index (Phi) is 3.45. The van der Waals surface area contributed by atoms with Gasteiger partial charge in [0.25, 0.3) is 5.91 Å². The molecule has 0 spiro atoms. The lowest BCUT2D eigenvalue weighted by Gasteiger charge is -2.37. The maximum Gasteiger partial charge on any atom is 0.257 e. The molecule has 2 rings (SSSR count). The molecule has 0 aromatic heterocycles. The van der Waals surface area contributed by atoms with E-state index in [9.17, 15) is 15.0 Å². The Balaban J connectivity index is 2.27. The number of carbonyl (C=O) groups excluding carboxylic acids is 1. The van der Waals surface area contributed by atoms with Gasteiger partial charge in [0.05, 0.1) is 5.56 Å². The third-order valence-corrected chi connectivity index (χ3v) is 3.59. The zero-order valence-corrected chi connectivity index (χ0v) is 10.8. The zero-order chi connectivity index (χ0) is 13.3. The number of carbonyl (C=O) groups is 1. The molecule has 0 bridgehead atoms. The monoisotopic (exact) mass is 249 g/mol. The summed E-state index contributed by atoms with van der Waals surface area (Å²) >= 11 is 0. The van der Waals surface area contributed by atoms with Gasteiger partial charge >= 0.3 is 0 Å². The van der Waals surface area contributed by atoms with Gasteiger partial charge in [-0.05, 0) is 43.9 Å². The van der Waals surface area contributed by atoms with Crippen LogP contribution in [0.1, 0.15) is 37.0 Å². The Morgan fingerprint density at radius 3 is 2.72 bits per heavy atom. The number of nitrogens with zero attached hydrogens (tertiary/aromatic N) is 1. The Labute approximate surface area is 107 Å². The van der Waals surface area contributed by atoms with Gasteiger partial charge in [-0.1, -0.05) is 6.92 Å². The average Bonchev–Trinajstić information content (AvgIpc) is 2.34. The fraction of sp³-hybridized carbons (Fsp3) is 0.500. The predicted molar refractivity (Wildman–Crippen MR) is 68.7 cm³/mol. The summed E-state index contributed by atoms with van der Waals surface area (Å²) in [7, 11) is 0. The second-order valence-electron chi connectivity index (χ2n) is 5.19. The summed E-state index contributed by atoms with van der Waals surface area (Å²) in [5.74, 6) is 0.184. The van der Waals surface area contributed by atoms with Crippen molar-refractivity contribution in [2.45, 2.75) is 32.7 Å². The van der Waals surface area contributed by atoms with Gasteiger partial charge in [-0.15, -0.1) is 0 Å². The predicted octanol–water partition coefficient (Wildman–Crippen LogP) is 2.36. The van der Waals surface area contributed by atoms with Crippen LogP contribution in [0, 0.1) is 5.92 Å². The highest BCUT2D eigenvalue weighted by Crippen LogP contribution is 2.28. The number of likely N-dealkylation sites (tertiary alicyclic amines) is 1. The number of piperidine rings is 1. The van der Waals surface area contributed by atoms with E-state index in [2.05, 4.69) is 6.92 Å². The number of benzene rings is 1. The summed E-state index contributed by atoms with van der Waals surface area (Å²) in [4.78, 5) is 14.2. The van der Waals surface area contributed by atoms with E-state index < -0.39 is 0 Å². The number of rotatable bonds is 1. The third kappa shape index (κ3) is 2.42. The first kappa shape index (κ1) is 12.7.